The molecule has 16 heavy (non-hydrogen) atoms. The van der Waals surface area contributed by atoms with Gasteiger partial charge in [-0.05, 0) is 5.39 Å². The zero-order chi connectivity index (χ0) is 11.4. The molecule has 1 heterocycles. The molecule has 2 N–H and O–H groups in total. The van der Waals surface area contributed by atoms with Crippen LogP contribution in [0.15, 0.2) is 36.5 Å². The van der Waals surface area contributed by atoms with E-state index in [1.807, 2.05) is 36.4 Å². The average molecular weight is 209 g/mol. The van der Waals surface area contributed by atoms with Crippen molar-refractivity contribution in [3.05, 3.63) is 42.1 Å². The molecule has 0 saturated heterocycles. The Kier molecular flexibility index (Phi) is 2.84. The molecule has 3 nitrogen and oxygen atoms in total. The van der Waals surface area contributed by atoms with Gasteiger partial charge in [-0.15, -0.1) is 0 Å². The first kappa shape index (κ1) is 10.2. The van der Waals surface area contributed by atoms with Crippen LogP contribution in [0.2, 0.25) is 0 Å². The number of benzene rings is 1. The fourth-order valence-corrected chi connectivity index (χ4v) is 1.61. The first-order valence-electron chi connectivity index (χ1n) is 4.99. The van der Waals surface area contributed by atoms with Crippen LogP contribution in [-0.4, -0.2) is 4.98 Å². The van der Waals surface area contributed by atoms with Crippen molar-refractivity contribution in [2.45, 2.75) is 6.42 Å². The number of hydrogen-bond acceptors (Lipinski definition) is 3. The van der Waals surface area contributed by atoms with Crippen LogP contribution >= 0.6 is 0 Å². The van der Waals surface area contributed by atoms with Crippen LogP contribution in [0.4, 0.5) is 5.82 Å². The zero-order valence-corrected chi connectivity index (χ0v) is 8.72. The second-order valence-corrected chi connectivity index (χ2v) is 3.41. The van der Waals surface area contributed by atoms with Crippen LogP contribution in [0.25, 0.3) is 16.8 Å². The molecule has 0 spiro atoms. The largest absolute Gasteiger partial charge is 0.383 e. The number of allylic oxidation sites excluding steroid dienone is 1. The molecule has 0 unspecified atom stereocenters. The van der Waals surface area contributed by atoms with Gasteiger partial charge in [0.15, 0.2) is 0 Å². The molecule has 0 saturated carbocycles. The number of anilines is 1. The monoisotopic (exact) mass is 209 g/mol. The average Bonchev–Trinajstić information content (AvgIpc) is 2.33. The third-order valence-electron chi connectivity index (χ3n) is 2.36. The molecule has 0 bridgehead atoms. The van der Waals surface area contributed by atoms with Crippen molar-refractivity contribution in [2.24, 2.45) is 0 Å². The SMILES string of the molecule is N#CCC=Cc1cnc(N)c2ccccc12. The summed E-state index contributed by atoms with van der Waals surface area (Å²) in [6.07, 6.45) is 5.85. The van der Waals surface area contributed by atoms with Gasteiger partial charge in [0.05, 0.1) is 12.5 Å². The van der Waals surface area contributed by atoms with E-state index in [1.165, 1.54) is 0 Å². The van der Waals surface area contributed by atoms with E-state index < -0.39 is 0 Å². The molecule has 0 aliphatic heterocycles. The van der Waals surface area contributed by atoms with Crippen molar-refractivity contribution in [1.29, 1.82) is 5.26 Å². The minimum absolute atomic E-state index is 0.401. The van der Waals surface area contributed by atoms with Crippen molar-refractivity contribution < 1.29 is 0 Å². The second-order valence-electron chi connectivity index (χ2n) is 3.41. The third-order valence-corrected chi connectivity index (χ3v) is 2.36. The second kappa shape index (κ2) is 4.45. The first-order valence-corrected chi connectivity index (χ1v) is 4.99. The van der Waals surface area contributed by atoms with Crippen LogP contribution in [0.3, 0.4) is 0 Å². The van der Waals surface area contributed by atoms with Crippen molar-refractivity contribution in [1.82, 2.24) is 4.98 Å². The molecule has 78 valence electrons. The number of nitrogen functional groups attached to an aromatic ring is 1. The van der Waals surface area contributed by atoms with Crippen molar-refractivity contribution >= 4 is 22.7 Å². The Morgan fingerprint density at radius 2 is 2.06 bits per heavy atom. The first-order chi connectivity index (χ1) is 7.83. The normalized spacial score (nSPS) is 10.7. The summed E-state index contributed by atoms with van der Waals surface area (Å²) in [5, 5.41) is 10.5. The van der Waals surface area contributed by atoms with Crippen molar-refractivity contribution in [3.8, 4) is 6.07 Å². The van der Waals surface area contributed by atoms with E-state index >= 15 is 0 Å². The molecule has 0 aliphatic rings. The molecule has 0 amide bonds. The molecule has 0 fully saturated rings. The predicted molar refractivity (Wildman–Crippen MR) is 65.4 cm³/mol. The minimum Gasteiger partial charge on any atom is -0.383 e. The van der Waals surface area contributed by atoms with Gasteiger partial charge in [0.25, 0.3) is 0 Å². The van der Waals surface area contributed by atoms with Crippen LogP contribution in [0.1, 0.15) is 12.0 Å². The molecule has 2 rings (SSSR count). The number of nitrogens with zero attached hydrogens (tertiary/aromatic N) is 2. The molecule has 0 atom stereocenters. The molecule has 0 aliphatic carbocycles. The summed E-state index contributed by atoms with van der Waals surface area (Å²) in [4.78, 5) is 4.13. The van der Waals surface area contributed by atoms with Gasteiger partial charge in [-0.25, -0.2) is 4.98 Å². The molecule has 2 aromatic rings. The van der Waals surface area contributed by atoms with E-state index in [1.54, 1.807) is 6.20 Å². The number of nitrogens with two attached hydrogens (primary N) is 1. The Balaban J connectivity index is 2.55. The fourth-order valence-electron chi connectivity index (χ4n) is 1.61. The Labute approximate surface area is 93.8 Å². The number of nitriles is 1. The number of fused-ring (bicyclic) bond motifs is 1. The van der Waals surface area contributed by atoms with Gasteiger partial charge in [-0.3, -0.25) is 0 Å². The topological polar surface area (TPSA) is 62.7 Å². The summed E-state index contributed by atoms with van der Waals surface area (Å²) in [7, 11) is 0. The maximum absolute atomic E-state index is 8.46. The van der Waals surface area contributed by atoms with Crippen molar-refractivity contribution in [2.75, 3.05) is 5.73 Å². The van der Waals surface area contributed by atoms with Gasteiger partial charge in [0, 0.05) is 17.1 Å². The van der Waals surface area contributed by atoms with Gasteiger partial charge in [-0.2, -0.15) is 5.26 Å². The van der Waals surface area contributed by atoms with Crippen LogP contribution in [0.5, 0.6) is 0 Å². The molecule has 1 aromatic carbocycles. The number of pyridine rings is 1. The van der Waals surface area contributed by atoms with E-state index in [0.29, 0.717) is 12.2 Å². The van der Waals surface area contributed by atoms with Gasteiger partial charge in [0.1, 0.15) is 5.82 Å². The van der Waals surface area contributed by atoms with Gasteiger partial charge >= 0.3 is 0 Å². The lowest BCUT2D eigenvalue weighted by Gasteiger charge is -2.03. The van der Waals surface area contributed by atoms with Gasteiger partial charge < -0.3 is 5.73 Å². The van der Waals surface area contributed by atoms with Crippen LogP contribution < -0.4 is 5.73 Å². The quantitative estimate of drug-likeness (QED) is 0.827. The molecule has 0 radical (unpaired) electrons. The summed E-state index contributed by atoms with van der Waals surface area (Å²) in [5.41, 5.74) is 6.78. The maximum atomic E-state index is 8.46. The van der Waals surface area contributed by atoms with Gasteiger partial charge in [0.2, 0.25) is 0 Å². The summed E-state index contributed by atoms with van der Waals surface area (Å²) >= 11 is 0. The molecule has 1 aromatic heterocycles. The number of rotatable bonds is 2. The highest BCUT2D eigenvalue weighted by Gasteiger charge is 2.01. The summed E-state index contributed by atoms with van der Waals surface area (Å²) in [6.45, 7) is 0. The standard InChI is InChI=1S/C13H11N3/c14-8-4-3-5-10-9-16-13(15)12-7-2-1-6-11(10)12/h1-3,5-7,9H,4H2,(H2,15,16). The Bertz CT molecular complexity index is 579. The summed E-state index contributed by atoms with van der Waals surface area (Å²) in [5.74, 6) is 0.535. The van der Waals surface area contributed by atoms with E-state index in [0.717, 1.165) is 16.3 Å². The van der Waals surface area contributed by atoms with E-state index in [9.17, 15) is 0 Å². The number of hydrogen-bond donors (Lipinski definition) is 1. The molecule has 3 heteroatoms. The van der Waals surface area contributed by atoms with Gasteiger partial charge in [-0.1, -0.05) is 36.4 Å². The minimum atomic E-state index is 0.401. The highest BCUT2D eigenvalue weighted by atomic mass is 14.8. The highest BCUT2D eigenvalue weighted by molar-refractivity contribution is 5.96. The highest BCUT2D eigenvalue weighted by Crippen LogP contribution is 2.23. The smallest absolute Gasteiger partial charge is 0.131 e. The summed E-state index contributed by atoms with van der Waals surface area (Å²) < 4.78 is 0. The van der Waals surface area contributed by atoms with Crippen LogP contribution in [-0.2, 0) is 0 Å². The maximum Gasteiger partial charge on any atom is 0.131 e. The lowest BCUT2D eigenvalue weighted by molar-refractivity contribution is 1.34. The number of aromatic nitrogens is 1. The molecular weight excluding hydrogens is 198 g/mol. The lowest BCUT2D eigenvalue weighted by Crippen LogP contribution is -1.92. The Morgan fingerprint density at radius 1 is 1.31 bits per heavy atom. The predicted octanol–water partition coefficient (Wildman–Crippen LogP) is 2.74. The zero-order valence-electron chi connectivity index (χ0n) is 8.72. The van der Waals surface area contributed by atoms with E-state index in [-0.39, 0.29) is 0 Å². The van der Waals surface area contributed by atoms with Crippen LogP contribution in [0, 0.1) is 11.3 Å². The Hall–Kier alpha value is -2.34. The van der Waals surface area contributed by atoms with E-state index in [4.69, 9.17) is 11.0 Å². The van der Waals surface area contributed by atoms with Crippen molar-refractivity contribution in [3.63, 3.8) is 0 Å². The third kappa shape index (κ3) is 1.86. The fraction of sp³-hybridized carbons (Fsp3) is 0.0769. The Morgan fingerprint density at radius 3 is 2.81 bits per heavy atom. The molecular formula is C13H11N3. The lowest BCUT2D eigenvalue weighted by atomic mass is 10.1. The van der Waals surface area contributed by atoms with E-state index in [2.05, 4.69) is 11.1 Å². The summed E-state index contributed by atoms with van der Waals surface area (Å²) in [6, 6.07) is 9.90.